The fraction of sp³-hybridized carbons (Fsp3) is 0.667. The lowest BCUT2D eigenvalue weighted by Gasteiger charge is -2.31. The van der Waals surface area contributed by atoms with Gasteiger partial charge in [0.1, 0.15) is 11.1 Å². The molecule has 1 N–H and O–H groups in total. The Balaban J connectivity index is 2.11. The van der Waals surface area contributed by atoms with E-state index in [1.165, 1.54) is 26.1 Å². The van der Waals surface area contributed by atoms with Crippen molar-refractivity contribution in [2.24, 2.45) is 0 Å². The minimum absolute atomic E-state index is 0.0980. The zero-order valence-electron chi connectivity index (χ0n) is 10.6. The maximum absolute atomic E-state index is 6.04. The van der Waals surface area contributed by atoms with Crippen LogP contribution in [0.1, 0.15) is 25.7 Å². The highest BCUT2D eigenvalue weighted by Crippen LogP contribution is 2.28. The first kappa shape index (κ1) is 13.4. The third-order valence-electron chi connectivity index (χ3n) is 3.21. The lowest BCUT2D eigenvalue weighted by molar-refractivity contribution is 0.112. The quantitative estimate of drug-likeness (QED) is 0.908. The van der Waals surface area contributed by atoms with E-state index in [1.54, 1.807) is 0 Å². The van der Waals surface area contributed by atoms with Crippen molar-refractivity contribution in [3.8, 4) is 11.9 Å². The van der Waals surface area contributed by atoms with E-state index in [4.69, 9.17) is 21.1 Å². The van der Waals surface area contributed by atoms with Gasteiger partial charge in [-0.05, 0) is 26.3 Å². The Morgan fingerprint density at radius 2 is 2.17 bits per heavy atom. The van der Waals surface area contributed by atoms with Crippen LogP contribution in [0, 0.1) is 0 Å². The van der Waals surface area contributed by atoms with Gasteiger partial charge in [-0.3, -0.25) is 0 Å². The number of nitrogens with one attached hydrogen (secondary N) is 1. The summed E-state index contributed by atoms with van der Waals surface area (Å²) in [6, 6.07) is 0.613. The van der Waals surface area contributed by atoms with Crippen LogP contribution in [0.5, 0.6) is 11.9 Å². The van der Waals surface area contributed by atoms with Crippen LogP contribution in [-0.2, 0) is 0 Å². The molecule has 0 aliphatic heterocycles. The number of hydrogen-bond acceptors (Lipinski definition) is 5. The Morgan fingerprint density at radius 1 is 1.39 bits per heavy atom. The molecule has 0 amide bonds. The molecular weight excluding hydrogens is 254 g/mol. The summed E-state index contributed by atoms with van der Waals surface area (Å²) in [5, 5.41) is 3.69. The van der Waals surface area contributed by atoms with Gasteiger partial charge >= 0.3 is 6.01 Å². The molecule has 1 aliphatic rings. The molecule has 5 nitrogen and oxygen atoms in total. The predicted octanol–water partition coefficient (Wildman–Crippen LogP) is 2.05. The van der Waals surface area contributed by atoms with Crippen molar-refractivity contribution < 1.29 is 9.47 Å². The number of likely N-dealkylation sites (N-methyl/N-ethyl adjacent to an activating group) is 1. The smallest absolute Gasteiger partial charge is 0.319 e. The zero-order valence-corrected chi connectivity index (χ0v) is 11.4. The Hall–Kier alpha value is -1.07. The second-order valence-corrected chi connectivity index (χ2v) is 4.75. The molecule has 1 fully saturated rings. The normalized spacial score (nSPS) is 23.7. The first-order chi connectivity index (χ1) is 8.74. The van der Waals surface area contributed by atoms with E-state index in [0.29, 0.717) is 16.9 Å². The molecular formula is C12H18ClN3O2. The molecule has 2 atom stereocenters. The molecule has 100 valence electrons. The molecule has 0 aromatic carbocycles. The average molecular weight is 272 g/mol. The van der Waals surface area contributed by atoms with Gasteiger partial charge in [0, 0.05) is 6.04 Å². The summed E-state index contributed by atoms with van der Waals surface area (Å²) < 4.78 is 10.9. The first-order valence-corrected chi connectivity index (χ1v) is 6.53. The number of rotatable bonds is 4. The summed E-state index contributed by atoms with van der Waals surface area (Å²) in [4.78, 5) is 8.07. The highest BCUT2D eigenvalue weighted by atomic mass is 35.5. The van der Waals surface area contributed by atoms with Crippen molar-refractivity contribution in [2.45, 2.75) is 37.8 Å². The summed E-state index contributed by atoms with van der Waals surface area (Å²) in [5.74, 6) is 0.399. The van der Waals surface area contributed by atoms with Gasteiger partial charge in [-0.1, -0.05) is 18.0 Å². The molecule has 0 bridgehead atoms. The van der Waals surface area contributed by atoms with Crippen LogP contribution in [0.15, 0.2) is 6.20 Å². The summed E-state index contributed by atoms with van der Waals surface area (Å²) in [6.07, 6.45) is 6.12. The van der Waals surface area contributed by atoms with Crippen molar-refractivity contribution >= 4 is 11.6 Å². The predicted molar refractivity (Wildman–Crippen MR) is 69.3 cm³/mol. The van der Waals surface area contributed by atoms with Gasteiger partial charge in [0.25, 0.3) is 0 Å². The highest BCUT2D eigenvalue weighted by Gasteiger charge is 2.26. The lowest BCUT2D eigenvalue weighted by Crippen LogP contribution is -2.43. The molecule has 0 saturated heterocycles. The Kier molecular flexibility index (Phi) is 4.60. The molecule has 1 aromatic rings. The van der Waals surface area contributed by atoms with Gasteiger partial charge in [-0.15, -0.1) is 0 Å². The van der Waals surface area contributed by atoms with Gasteiger partial charge < -0.3 is 14.8 Å². The van der Waals surface area contributed by atoms with E-state index in [1.807, 2.05) is 7.05 Å². The monoisotopic (exact) mass is 271 g/mol. The minimum Gasteiger partial charge on any atom is -0.471 e. The maximum Gasteiger partial charge on any atom is 0.319 e. The van der Waals surface area contributed by atoms with Crippen molar-refractivity contribution in [2.75, 3.05) is 14.2 Å². The fourth-order valence-electron chi connectivity index (χ4n) is 2.23. The maximum atomic E-state index is 6.04. The third-order valence-corrected chi connectivity index (χ3v) is 3.47. The molecule has 1 aromatic heterocycles. The van der Waals surface area contributed by atoms with Crippen molar-refractivity contribution in [1.29, 1.82) is 0 Å². The van der Waals surface area contributed by atoms with Crippen molar-refractivity contribution in [3.63, 3.8) is 0 Å². The summed E-state index contributed by atoms with van der Waals surface area (Å²) >= 11 is 6.04. The number of nitrogens with zero attached hydrogens (tertiary/aromatic N) is 2. The molecule has 0 radical (unpaired) electrons. The number of hydrogen-bond donors (Lipinski definition) is 1. The van der Waals surface area contributed by atoms with E-state index in [-0.39, 0.29) is 12.1 Å². The third kappa shape index (κ3) is 3.03. The largest absolute Gasteiger partial charge is 0.471 e. The molecule has 2 rings (SSSR count). The van der Waals surface area contributed by atoms with E-state index >= 15 is 0 Å². The topological polar surface area (TPSA) is 56.3 Å². The lowest BCUT2D eigenvalue weighted by atomic mass is 9.92. The number of methoxy groups -OCH3 is 1. The molecule has 6 heteroatoms. The standard InChI is InChI=1S/C12H18ClN3O2/c1-14-9-5-3-4-6-10(9)18-11-8(13)7-15-12(16-11)17-2/h7,9-10,14H,3-6H2,1-2H3. The minimum atomic E-state index is 0.0980. The Morgan fingerprint density at radius 3 is 2.89 bits per heavy atom. The molecule has 2 unspecified atom stereocenters. The van der Waals surface area contributed by atoms with Crippen LogP contribution in [0.3, 0.4) is 0 Å². The number of halogens is 1. The van der Waals surface area contributed by atoms with E-state index in [2.05, 4.69) is 15.3 Å². The highest BCUT2D eigenvalue weighted by molar-refractivity contribution is 6.31. The van der Waals surface area contributed by atoms with Gasteiger partial charge in [-0.25, -0.2) is 4.98 Å². The second kappa shape index (κ2) is 6.20. The second-order valence-electron chi connectivity index (χ2n) is 4.35. The van der Waals surface area contributed by atoms with Crippen LogP contribution in [0.2, 0.25) is 5.02 Å². The summed E-state index contributed by atoms with van der Waals surface area (Å²) in [7, 11) is 3.47. The Labute approximate surface area is 112 Å². The molecule has 1 heterocycles. The molecule has 18 heavy (non-hydrogen) atoms. The van der Waals surface area contributed by atoms with Gasteiger partial charge in [0.2, 0.25) is 5.88 Å². The van der Waals surface area contributed by atoms with E-state index in [9.17, 15) is 0 Å². The first-order valence-electron chi connectivity index (χ1n) is 6.15. The van der Waals surface area contributed by atoms with Gasteiger partial charge in [0.05, 0.1) is 13.3 Å². The molecule has 1 saturated carbocycles. The van der Waals surface area contributed by atoms with Gasteiger partial charge in [0.15, 0.2) is 0 Å². The molecule has 1 aliphatic carbocycles. The van der Waals surface area contributed by atoms with E-state index in [0.717, 1.165) is 12.8 Å². The molecule has 0 spiro atoms. The summed E-state index contributed by atoms with van der Waals surface area (Å²) in [6.45, 7) is 0. The number of aromatic nitrogens is 2. The number of ether oxygens (including phenoxy) is 2. The van der Waals surface area contributed by atoms with Crippen molar-refractivity contribution in [3.05, 3.63) is 11.2 Å². The van der Waals surface area contributed by atoms with Crippen LogP contribution in [0.25, 0.3) is 0 Å². The average Bonchev–Trinajstić information content (AvgIpc) is 2.42. The van der Waals surface area contributed by atoms with Crippen LogP contribution in [-0.4, -0.2) is 36.3 Å². The summed E-state index contributed by atoms with van der Waals surface area (Å²) in [5.41, 5.74) is 0. The zero-order chi connectivity index (χ0) is 13.0. The SMILES string of the molecule is CNC1CCCCC1Oc1nc(OC)ncc1Cl. The van der Waals surface area contributed by atoms with Crippen LogP contribution in [0.4, 0.5) is 0 Å². The van der Waals surface area contributed by atoms with Crippen LogP contribution < -0.4 is 14.8 Å². The Bertz CT molecular complexity index is 403. The fourth-order valence-corrected chi connectivity index (χ4v) is 2.36. The van der Waals surface area contributed by atoms with Crippen molar-refractivity contribution in [1.82, 2.24) is 15.3 Å². The van der Waals surface area contributed by atoms with E-state index < -0.39 is 0 Å². The van der Waals surface area contributed by atoms with Gasteiger partial charge in [-0.2, -0.15) is 4.98 Å². The van der Waals surface area contributed by atoms with Crippen LogP contribution >= 0.6 is 11.6 Å².